The lowest BCUT2D eigenvalue weighted by atomic mass is 10.0. The maximum atomic E-state index is 4.01. The van der Waals surface area contributed by atoms with E-state index >= 15 is 0 Å². The number of pyridine rings is 1. The fraction of sp³-hybridized carbons (Fsp3) is 0.0833. The number of halogens is 1. The molecule has 2 heteroatoms. The van der Waals surface area contributed by atoms with Crippen LogP contribution in [0.1, 0.15) is 5.56 Å². The smallest absolute Gasteiger partial charge is 0.0273 e. The molecule has 0 aliphatic carbocycles. The summed E-state index contributed by atoms with van der Waals surface area (Å²) in [5, 5.41) is 0. The Bertz CT molecular complexity index is 437. The van der Waals surface area contributed by atoms with Crippen molar-refractivity contribution < 1.29 is 0 Å². The zero-order valence-electron chi connectivity index (χ0n) is 7.87. The van der Waals surface area contributed by atoms with Crippen molar-refractivity contribution in [3.05, 3.63) is 52.8 Å². The first-order valence-electron chi connectivity index (χ1n) is 4.44. The zero-order chi connectivity index (χ0) is 9.97. The van der Waals surface area contributed by atoms with Crippen molar-refractivity contribution in [1.29, 1.82) is 0 Å². The highest BCUT2D eigenvalue weighted by molar-refractivity contribution is 9.10. The number of hydrogen-bond donors (Lipinski definition) is 0. The van der Waals surface area contributed by atoms with E-state index in [9.17, 15) is 0 Å². The van der Waals surface area contributed by atoms with Crippen LogP contribution in [0, 0.1) is 6.92 Å². The fourth-order valence-electron chi connectivity index (χ4n) is 1.48. The first kappa shape index (κ1) is 9.41. The Morgan fingerprint density at radius 2 is 1.79 bits per heavy atom. The van der Waals surface area contributed by atoms with E-state index in [-0.39, 0.29) is 0 Å². The van der Waals surface area contributed by atoms with Crippen molar-refractivity contribution in [2.24, 2.45) is 0 Å². The molecule has 0 unspecified atom stereocenters. The second kappa shape index (κ2) is 3.93. The molecule has 1 aromatic heterocycles. The minimum Gasteiger partial charge on any atom is -0.265 e. The van der Waals surface area contributed by atoms with Crippen LogP contribution < -0.4 is 0 Å². The van der Waals surface area contributed by atoms with Crippen LogP contribution in [0.3, 0.4) is 0 Å². The number of aryl methyl sites for hydroxylation is 1. The van der Waals surface area contributed by atoms with Crippen molar-refractivity contribution >= 4 is 15.9 Å². The number of benzene rings is 1. The lowest BCUT2D eigenvalue weighted by Gasteiger charge is -2.05. The summed E-state index contributed by atoms with van der Waals surface area (Å²) in [6.45, 7) is 2.11. The molecule has 0 spiro atoms. The van der Waals surface area contributed by atoms with E-state index in [1.54, 1.807) is 0 Å². The minimum atomic E-state index is 1.12. The van der Waals surface area contributed by atoms with Gasteiger partial charge in [-0.1, -0.05) is 22.0 Å². The van der Waals surface area contributed by atoms with E-state index in [0.717, 1.165) is 4.47 Å². The fourth-order valence-corrected chi connectivity index (χ4v) is 1.96. The van der Waals surface area contributed by atoms with Gasteiger partial charge in [-0.2, -0.15) is 0 Å². The lowest BCUT2D eigenvalue weighted by Crippen LogP contribution is -1.83. The van der Waals surface area contributed by atoms with Gasteiger partial charge >= 0.3 is 0 Å². The van der Waals surface area contributed by atoms with Crippen LogP contribution in [0.4, 0.5) is 0 Å². The summed E-state index contributed by atoms with van der Waals surface area (Å²) in [5.74, 6) is 0. The van der Waals surface area contributed by atoms with Crippen molar-refractivity contribution in [3.8, 4) is 11.1 Å². The summed E-state index contributed by atoms with van der Waals surface area (Å²) in [6, 6.07) is 10.3. The molecule has 0 aliphatic heterocycles. The van der Waals surface area contributed by atoms with Gasteiger partial charge in [0.1, 0.15) is 0 Å². The zero-order valence-corrected chi connectivity index (χ0v) is 9.45. The Morgan fingerprint density at radius 3 is 2.43 bits per heavy atom. The minimum absolute atomic E-state index is 1.12. The van der Waals surface area contributed by atoms with Crippen molar-refractivity contribution in [1.82, 2.24) is 4.98 Å². The standard InChI is InChI=1S/C12H10BrN/c1-9-8-11(13)2-3-12(9)10-4-6-14-7-5-10/h2-8H,1H3. The topological polar surface area (TPSA) is 12.9 Å². The molecule has 0 N–H and O–H groups in total. The van der Waals surface area contributed by atoms with Crippen LogP contribution in [-0.4, -0.2) is 4.98 Å². The van der Waals surface area contributed by atoms with Crippen LogP contribution in [0.25, 0.3) is 11.1 Å². The molecule has 2 aromatic rings. The van der Waals surface area contributed by atoms with Crippen LogP contribution in [-0.2, 0) is 0 Å². The van der Waals surface area contributed by atoms with Gasteiger partial charge in [0.15, 0.2) is 0 Å². The molecular formula is C12H10BrN. The summed E-state index contributed by atoms with van der Waals surface area (Å²) >= 11 is 3.46. The van der Waals surface area contributed by atoms with Gasteiger partial charge in [-0.25, -0.2) is 0 Å². The third-order valence-electron chi connectivity index (χ3n) is 2.18. The van der Waals surface area contributed by atoms with E-state index < -0.39 is 0 Å². The highest BCUT2D eigenvalue weighted by Gasteiger charge is 2.00. The molecule has 1 heterocycles. The Balaban J connectivity index is 2.53. The molecule has 0 fully saturated rings. The normalized spacial score (nSPS) is 10.1. The van der Waals surface area contributed by atoms with Gasteiger partial charge in [-0.3, -0.25) is 4.98 Å². The summed E-state index contributed by atoms with van der Waals surface area (Å²) in [5.41, 5.74) is 3.74. The largest absolute Gasteiger partial charge is 0.265 e. The average molecular weight is 248 g/mol. The predicted molar refractivity (Wildman–Crippen MR) is 62.1 cm³/mol. The monoisotopic (exact) mass is 247 g/mol. The number of rotatable bonds is 1. The van der Waals surface area contributed by atoms with Gasteiger partial charge in [-0.15, -0.1) is 0 Å². The van der Waals surface area contributed by atoms with Gasteiger partial charge in [-0.05, 0) is 47.9 Å². The summed E-state index contributed by atoms with van der Waals surface area (Å²) in [4.78, 5) is 4.01. The molecule has 0 bridgehead atoms. The van der Waals surface area contributed by atoms with Gasteiger partial charge < -0.3 is 0 Å². The molecular weight excluding hydrogens is 238 g/mol. The SMILES string of the molecule is Cc1cc(Br)ccc1-c1ccncc1. The lowest BCUT2D eigenvalue weighted by molar-refractivity contribution is 1.32. The van der Waals surface area contributed by atoms with Gasteiger partial charge in [0, 0.05) is 16.9 Å². The van der Waals surface area contributed by atoms with E-state index in [2.05, 4.69) is 46.0 Å². The Morgan fingerprint density at radius 1 is 1.07 bits per heavy atom. The third-order valence-corrected chi connectivity index (χ3v) is 2.67. The van der Waals surface area contributed by atoms with E-state index in [1.807, 2.05) is 24.5 Å². The maximum Gasteiger partial charge on any atom is 0.0273 e. The van der Waals surface area contributed by atoms with Gasteiger partial charge in [0.2, 0.25) is 0 Å². The summed E-state index contributed by atoms with van der Waals surface area (Å²) in [6.07, 6.45) is 3.63. The maximum absolute atomic E-state index is 4.01. The Kier molecular flexibility index (Phi) is 2.64. The Labute approximate surface area is 91.9 Å². The van der Waals surface area contributed by atoms with Crippen LogP contribution in [0.2, 0.25) is 0 Å². The highest BCUT2D eigenvalue weighted by Crippen LogP contribution is 2.25. The molecule has 0 aliphatic rings. The summed E-state index contributed by atoms with van der Waals surface area (Å²) < 4.78 is 1.12. The van der Waals surface area contributed by atoms with Gasteiger partial charge in [0.05, 0.1) is 0 Å². The third kappa shape index (κ3) is 1.85. The molecule has 0 saturated carbocycles. The second-order valence-corrected chi connectivity index (χ2v) is 4.11. The van der Waals surface area contributed by atoms with Crippen molar-refractivity contribution in [2.75, 3.05) is 0 Å². The molecule has 1 nitrogen and oxygen atoms in total. The van der Waals surface area contributed by atoms with Gasteiger partial charge in [0.25, 0.3) is 0 Å². The quantitative estimate of drug-likeness (QED) is 0.747. The molecule has 0 amide bonds. The molecule has 0 saturated heterocycles. The van der Waals surface area contributed by atoms with Crippen LogP contribution >= 0.6 is 15.9 Å². The predicted octanol–water partition coefficient (Wildman–Crippen LogP) is 3.82. The van der Waals surface area contributed by atoms with E-state index in [4.69, 9.17) is 0 Å². The van der Waals surface area contributed by atoms with Crippen LogP contribution in [0.15, 0.2) is 47.2 Å². The number of aromatic nitrogens is 1. The summed E-state index contributed by atoms with van der Waals surface area (Å²) in [7, 11) is 0. The molecule has 0 atom stereocenters. The van der Waals surface area contributed by atoms with E-state index in [0.29, 0.717) is 0 Å². The molecule has 70 valence electrons. The van der Waals surface area contributed by atoms with Crippen LogP contribution in [0.5, 0.6) is 0 Å². The first-order chi connectivity index (χ1) is 6.77. The van der Waals surface area contributed by atoms with E-state index in [1.165, 1.54) is 16.7 Å². The molecule has 0 radical (unpaired) electrons. The average Bonchev–Trinajstić information content (AvgIpc) is 2.19. The second-order valence-electron chi connectivity index (χ2n) is 3.20. The first-order valence-corrected chi connectivity index (χ1v) is 5.23. The van der Waals surface area contributed by atoms with Crippen molar-refractivity contribution in [3.63, 3.8) is 0 Å². The molecule has 2 rings (SSSR count). The molecule has 14 heavy (non-hydrogen) atoms. The Hall–Kier alpha value is -1.15. The number of hydrogen-bond acceptors (Lipinski definition) is 1. The number of nitrogens with zero attached hydrogens (tertiary/aromatic N) is 1. The molecule has 1 aromatic carbocycles. The highest BCUT2D eigenvalue weighted by atomic mass is 79.9. The van der Waals surface area contributed by atoms with Crippen molar-refractivity contribution in [2.45, 2.75) is 6.92 Å².